The van der Waals surface area contributed by atoms with Crippen LogP contribution in [0.4, 0.5) is 5.69 Å². The molecule has 1 saturated carbocycles. The molecule has 1 N–H and O–H groups in total. The van der Waals surface area contributed by atoms with E-state index in [1.165, 1.54) is 40.9 Å². The number of hydrogen-bond acceptors (Lipinski definition) is 3. The van der Waals surface area contributed by atoms with E-state index in [9.17, 15) is 9.90 Å². The molecule has 0 radical (unpaired) electrons. The van der Waals surface area contributed by atoms with E-state index in [1.807, 2.05) is 36.4 Å². The number of benzene rings is 4. The predicted molar refractivity (Wildman–Crippen MR) is 169 cm³/mol. The van der Waals surface area contributed by atoms with E-state index in [0.29, 0.717) is 17.5 Å². The van der Waals surface area contributed by atoms with Crippen molar-refractivity contribution in [3.05, 3.63) is 129 Å². The number of nitrogens with zero attached hydrogens (tertiary/aromatic N) is 3. The molecule has 7 heteroatoms. The van der Waals surface area contributed by atoms with Crippen molar-refractivity contribution in [3.8, 4) is 0 Å². The number of hydrogen-bond donors (Lipinski definition) is 1. The molecule has 4 aromatic carbocycles. The van der Waals surface area contributed by atoms with Crippen LogP contribution < -0.4 is 4.90 Å². The molecule has 0 amide bonds. The number of carbonyl (C=O) groups is 1. The maximum atomic E-state index is 11.5. The molecule has 1 aliphatic carbocycles. The van der Waals surface area contributed by atoms with Crippen molar-refractivity contribution < 1.29 is 9.90 Å². The fourth-order valence-electron chi connectivity index (χ4n) is 6.43. The number of carboxylic acid groups (broad SMARTS) is 1. The Morgan fingerprint density at radius 3 is 2.00 bits per heavy atom. The first-order valence-electron chi connectivity index (χ1n) is 14.6. The molecule has 0 unspecified atom stereocenters. The second kappa shape index (κ2) is 11.1. The number of piperidine rings is 1. The lowest BCUT2D eigenvalue weighted by atomic mass is 9.85. The highest BCUT2D eigenvalue weighted by Gasteiger charge is 2.33. The van der Waals surface area contributed by atoms with Crippen LogP contribution >= 0.6 is 23.2 Å². The van der Waals surface area contributed by atoms with Gasteiger partial charge >= 0.3 is 5.97 Å². The summed E-state index contributed by atoms with van der Waals surface area (Å²) in [5, 5.41) is 10.9. The Morgan fingerprint density at radius 2 is 1.40 bits per heavy atom. The van der Waals surface area contributed by atoms with E-state index in [0.717, 1.165) is 47.2 Å². The first-order valence-corrected chi connectivity index (χ1v) is 15.3. The van der Waals surface area contributed by atoms with Crippen molar-refractivity contribution in [3.63, 3.8) is 0 Å². The molecule has 0 spiro atoms. The maximum Gasteiger partial charge on any atom is 0.335 e. The van der Waals surface area contributed by atoms with Gasteiger partial charge in [0.1, 0.15) is 5.82 Å². The van der Waals surface area contributed by atoms with E-state index in [1.54, 1.807) is 12.1 Å². The van der Waals surface area contributed by atoms with Gasteiger partial charge in [0.2, 0.25) is 0 Å². The molecule has 2 heterocycles. The fraction of sp³-hybridized carbons (Fsp3) is 0.257. The molecule has 0 atom stereocenters. The van der Waals surface area contributed by atoms with Gasteiger partial charge in [0, 0.05) is 46.7 Å². The van der Waals surface area contributed by atoms with E-state index < -0.39 is 5.97 Å². The lowest BCUT2D eigenvalue weighted by molar-refractivity contribution is 0.0697. The van der Waals surface area contributed by atoms with Gasteiger partial charge in [0.15, 0.2) is 0 Å². The van der Waals surface area contributed by atoms with Crippen LogP contribution in [0.1, 0.15) is 76.4 Å². The summed E-state index contributed by atoms with van der Waals surface area (Å²) in [6.45, 7) is 1.74. The lowest BCUT2D eigenvalue weighted by Gasteiger charge is -2.35. The quantitative estimate of drug-likeness (QED) is 0.191. The minimum atomic E-state index is -0.892. The van der Waals surface area contributed by atoms with Crippen molar-refractivity contribution in [2.45, 2.75) is 43.6 Å². The Balaban J connectivity index is 1.25. The number of fused-ring (bicyclic) bond motifs is 1. The Morgan fingerprint density at radius 1 is 0.786 bits per heavy atom. The minimum absolute atomic E-state index is 0.0278. The highest BCUT2D eigenvalue weighted by Crippen LogP contribution is 2.44. The topological polar surface area (TPSA) is 58.4 Å². The normalized spacial score (nSPS) is 15.9. The van der Waals surface area contributed by atoms with Crippen LogP contribution in [0.5, 0.6) is 0 Å². The minimum Gasteiger partial charge on any atom is -0.478 e. The molecule has 5 nitrogen and oxygen atoms in total. The molecule has 1 saturated heterocycles. The molecule has 212 valence electrons. The summed E-state index contributed by atoms with van der Waals surface area (Å²) in [4.78, 5) is 19.0. The summed E-state index contributed by atoms with van der Waals surface area (Å²) in [6.07, 6.45) is 4.33. The van der Waals surface area contributed by atoms with E-state index in [-0.39, 0.29) is 5.92 Å². The first-order chi connectivity index (χ1) is 20.4. The van der Waals surface area contributed by atoms with Gasteiger partial charge < -0.3 is 14.6 Å². The van der Waals surface area contributed by atoms with Crippen LogP contribution in [-0.4, -0.2) is 33.7 Å². The highest BCUT2D eigenvalue weighted by molar-refractivity contribution is 6.30. The van der Waals surface area contributed by atoms with Gasteiger partial charge in [-0.1, -0.05) is 59.6 Å². The zero-order chi connectivity index (χ0) is 28.8. The van der Waals surface area contributed by atoms with Crippen molar-refractivity contribution in [1.29, 1.82) is 0 Å². The van der Waals surface area contributed by atoms with Crippen molar-refractivity contribution in [2.24, 2.45) is 0 Å². The third-order valence-corrected chi connectivity index (χ3v) is 9.22. The molecule has 2 aliphatic rings. The average Bonchev–Trinajstić information content (AvgIpc) is 3.79. The number of rotatable bonds is 7. The van der Waals surface area contributed by atoms with Gasteiger partial charge in [-0.2, -0.15) is 0 Å². The van der Waals surface area contributed by atoms with Crippen molar-refractivity contribution in [2.75, 3.05) is 18.0 Å². The maximum absolute atomic E-state index is 11.5. The van der Waals surface area contributed by atoms with Crippen LogP contribution in [0.25, 0.3) is 11.0 Å². The average molecular weight is 597 g/mol. The second-order valence-electron chi connectivity index (χ2n) is 11.5. The molecule has 2 fully saturated rings. The van der Waals surface area contributed by atoms with Gasteiger partial charge in [-0.05, 0) is 97.0 Å². The number of anilines is 1. The van der Waals surface area contributed by atoms with Gasteiger partial charge in [0.05, 0.1) is 16.6 Å². The van der Waals surface area contributed by atoms with Crippen molar-refractivity contribution in [1.82, 2.24) is 9.55 Å². The molecule has 1 aliphatic heterocycles. The molecule has 0 bridgehead atoms. The third kappa shape index (κ3) is 5.28. The van der Waals surface area contributed by atoms with Gasteiger partial charge in [-0.25, -0.2) is 9.78 Å². The summed E-state index contributed by atoms with van der Waals surface area (Å²) in [5.74, 6) is 0.870. The Bertz CT molecular complexity index is 1710. The molecular formula is C35H31Cl2N3O2. The van der Waals surface area contributed by atoms with E-state index in [4.69, 9.17) is 28.2 Å². The zero-order valence-corrected chi connectivity index (χ0v) is 24.6. The molecule has 5 aromatic rings. The van der Waals surface area contributed by atoms with Gasteiger partial charge in [-0.3, -0.25) is 0 Å². The monoisotopic (exact) mass is 595 g/mol. The van der Waals surface area contributed by atoms with Crippen LogP contribution in [0.2, 0.25) is 10.0 Å². The Hall–Kier alpha value is -3.80. The molecule has 7 rings (SSSR count). The largest absolute Gasteiger partial charge is 0.478 e. The first kappa shape index (κ1) is 27.1. The predicted octanol–water partition coefficient (Wildman–Crippen LogP) is 8.94. The van der Waals surface area contributed by atoms with Crippen LogP contribution in [0.15, 0.2) is 91.0 Å². The van der Waals surface area contributed by atoms with Crippen molar-refractivity contribution >= 4 is 45.9 Å². The lowest BCUT2D eigenvalue weighted by Crippen LogP contribution is -2.35. The summed E-state index contributed by atoms with van der Waals surface area (Å²) < 4.78 is 2.53. The number of aromatic nitrogens is 2. The highest BCUT2D eigenvalue weighted by atomic mass is 35.5. The van der Waals surface area contributed by atoms with Gasteiger partial charge in [-0.15, -0.1) is 0 Å². The van der Waals surface area contributed by atoms with Crippen LogP contribution in [0, 0.1) is 0 Å². The fourth-order valence-corrected chi connectivity index (χ4v) is 6.68. The summed E-state index contributed by atoms with van der Waals surface area (Å²) in [6, 6.07) is 30.6. The summed E-state index contributed by atoms with van der Waals surface area (Å²) in [5.41, 5.74) is 7.09. The smallest absolute Gasteiger partial charge is 0.335 e. The molecule has 42 heavy (non-hydrogen) atoms. The number of aromatic carboxylic acids is 1. The molecule has 1 aromatic heterocycles. The molecular weight excluding hydrogens is 565 g/mol. The zero-order valence-electron chi connectivity index (χ0n) is 23.1. The van der Waals surface area contributed by atoms with Gasteiger partial charge in [0.25, 0.3) is 0 Å². The Labute approximate surface area is 255 Å². The van der Waals surface area contributed by atoms with E-state index >= 15 is 0 Å². The standard InChI is InChI=1S/C35H31Cl2N3O2/c36-27-11-6-22(7-12-27)33(23-8-13-28(37)14-9-23)25-10-15-31-32(21-25)40(34(38-31)24-4-5-24)29-16-18-39(19-17-29)30-3-1-2-26(20-30)35(41)42/h1-3,6-15,20-21,24,29,33H,4-5,16-19H2,(H,41,42). The SMILES string of the molecule is O=C(O)c1cccc(N2CCC(n3c(C4CC4)nc4ccc(C(c5ccc(Cl)cc5)c5ccc(Cl)cc5)cc43)CC2)c1. The third-order valence-electron chi connectivity index (χ3n) is 8.71. The summed E-state index contributed by atoms with van der Waals surface area (Å²) >= 11 is 12.5. The Kier molecular flexibility index (Phi) is 7.17. The number of imidazole rings is 1. The number of carboxylic acids is 1. The van der Waals surface area contributed by atoms with Crippen LogP contribution in [-0.2, 0) is 0 Å². The van der Waals surface area contributed by atoms with E-state index in [2.05, 4.69) is 51.9 Å². The summed E-state index contributed by atoms with van der Waals surface area (Å²) in [7, 11) is 0. The second-order valence-corrected chi connectivity index (χ2v) is 12.3. The van der Waals surface area contributed by atoms with Crippen LogP contribution in [0.3, 0.4) is 0 Å². The number of halogens is 2.